The molecule has 17 heavy (non-hydrogen) atoms. The van der Waals surface area contributed by atoms with Crippen molar-refractivity contribution in [3.05, 3.63) is 63.0 Å². The van der Waals surface area contributed by atoms with E-state index in [1.165, 1.54) is 0 Å². The summed E-state index contributed by atoms with van der Waals surface area (Å²) in [6.07, 6.45) is 1.68. The minimum Gasteiger partial charge on any atom is -0.623 e. The van der Waals surface area contributed by atoms with E-state index in [4.69, 9.17) is 0 Å². The minimum atomic E-state index is -0.155. The second kappa shape index (κ2) is 5.15. The Balaban J connectivity index is 2.24. The maximum Gasteiger partial charge on any atom is 0.192 e. The fourth-order valence-electron chi connectivity index (χ4n) is 1.62. The highest BCUT2D eigenvalue weighted by Gasteiger charge is 2.12. The average molecular weight is 245 g/mol. The number of rotatable bonds is 3. The van der Waals surface area contributed by atoms with E-state index in [1.54, 1.807) is 17.6 Å². The molecule has 88 valence electrons. The van der Waals surface area contributed by atoms with Crippen LogP contribution in [-0.4, -0.2) is 11.0 Å². The third-order valence-electron chi connectivity index (χ3n) is 2.81. The van der Waals surface area contributed by atoms with E-state index < -0.39 is 0 Å². The predicted molar refractivity (Wildman–Crippen MR) is 72.7 cm³/mol. The first-order valence-corrected chi connectivity index (χ1v) is 6.46. The second-order valence-electron chi connectivity index (χ2n) is 4.04. The summed E-state index contributed by atoms with van der Waals surface area (Å²) in [6, 6.07) is 11.7. The van der Waals surface area contributed by atoms with Gasteiger partial charge in [0, 0.05) is 12.5 Å². The molecule has 3 heteroatoms. The molecule has 2 nitrogen and oxygen atoms in total. The molecule has 1 heterocycles. The Bertz CT molecular complexity index is 516. The summed E-state index contributed by atoms with van der Waals surface area (Å²) in [5, 5.41) is 14.0. The van der Waals surface area contributed by atoms with Gasteiger partial charge in [-0.05, 0) is 23.9 Å². The van der Waals surface area contributed by atoms with Crippen LogP contribution in [0.25, 0.3) is 0 Å². The summed E-state index contributed by atoms with van der Waals surface area (Å²) < 4.78 is 1.02. The summed E-state index contributed by atoms with van der Waals surface area (Å²) in [5.74, 6) is 0. The van der Waals surface area contributed by atoms with Gasteiger partial charge >= 0.3 is 0 Å². The number of hydrogen-bond acceptors (Lipinski definition) is 2. The number of thiophene rings is 1. The highest BCUT2D eigenvalue weighted by Crippen LogP contribution is 2.17. The lowest BCUT2D eigenvalue weighted by Crippen LogP contribution is -2.11. The highest BCUT2D eigenvalue weighted by atomic mass is 32.1. The average Bonchev–Trinajstić information content (AvgIpc) is 2.75. The van der Waals surface area contributed by atoms with Gasteiger partial charge in [0.25, 0.3) is 0 Å². The Labute approximate surface area is 105 Å². The van der Waals surface area contributed by atoms with Crippen LogP contribution in [0.15, 0.2) is 41.8 Å². The Morgan fingerprint density at radius 2 is 1.94 bits per heavy atom. The van der Waals surface area contributed by atoms with E-state index in [0.29, 0.717) is 0 Å². The second-order valence-corrected chi connectivity index (χ2v) is 4.99. The van der Waals surface area contributed by atoms with Gasteiger partial charge < -0.3 is 5.21 Å². The normalized spacial score (nSPS) is 13.6. The van der Waals surface area contributed by atoms with E-state index in [1.807, 2.05) is 55.6 Å². The quantitative estimate of drug-likeness (QED) is 0.350. The molecule has 1 unspecified atom stereocenters. The van der Waals surface area contributed by atoms with Crippen molar-refractivity contribution in [2.24, 2.45) is 0 Å². The summed E-state index contributed by atoms with van der Waals surface area (Å²) in [5.41, 5.74) is 2.18. The SMILES string of the molecule is Cc1ccsc1/C=[N+](\[O-])C(C)c1ccccc1. The molecule has 0 bridgehead atoms. The van der Waals surface area contributed by atoms with Crippen molar-refractivity contribution in [1.29, 1.82) is 0 Å². The predicted octanol–water partition coefficient (Wildman–Crippen LogP) is 3.75. The third kappa shape index (κ3) is 2.74. The van der Waals surface area contributed by atoms with E-state index in [2.05, 4.69) is 0 Å². The van der Waals surface area contributed by atoms with Gasteiger partial charge in [-0.1, -0.05) is 30.3 Å². The van der Waals surface area contributed by atoms with Crippen LogP contribution in [0.5, 0.6) is 0 Å². The van der Waals surface area contributed by atoms with Crippen LogP contribution in [0.3, 0.4) is 0 Å². The lowest BCUT2D eigenvalue weighted by molar-refractivity contribution is -0.498. The van der Waals surface area contributed by atoms with Crippen molar-refractivity contribution >= 4 is 17.6 Å². The standard InChI is InChI=1S/C14H15NOS/c1-11-8-9-17-14(11)10-15(16)12(2)13-6-4-3-5-7-13/h3-10,12H,1-2H3/b15-10-. The van der Waals surface area contributed by atoms with Gasteiger partial charge in [-0.2, -0.15) is 0 Å². The number of hydrogen-bond donors (Lipinski definition) is 0. The molecule has 0 radical (unpaired) electrons. The molecule has 0 saturated carbocycles. The molecule has 2 rings (SSSR count). The van der Waals surface area contributed by atoms with Gasteiger partial charge in [-0.25, -0.2) is 4.74 Å². The zero-order chi connectivity index (χ0) is 12.3. The molecule has 0 saturated heterocycles. The lowest BCUT2D eigenvalue weighted by atomic mass is 10.1. The van der Waals surface area contributed by atoms with Crippen LogP contribution in [0.4, 0.5) is 0 Å². The molecular formula is C14H15NOS. The molecule has 1 atom stereocenters. The maximum atomic E-state index is 12.0. The summed E-state index contributed by atoms with van der Waals surface area (Å²) in [7, 11) is 0. The zero-order valence-electron chi connectivity index (χ0n) is 9.96. The Morgan fingerprint density at radius 1 is 1.24 bits per heavy atom. The van der Waals surface area contributed by atoms with Crippen molar-refractivity contribution in [1.82, 2.24) is 0 Å². The van der Waals surface area contributed by atoms with Crippen molar-refractivity contribution in [2.45, 2.75) is 19.9 Å². The third-order valence-corrected chi connectivity index (χ3v) is 3.76. The first-order chi connectivity index (χ1) is 8.18. The van der Waals surface area contributed by atoms with Gasteiger partial charge in [0.2, 0.25) is 0 Å². The fourth-order valence-corrected chi connectivity index (χ4v) is 2.46. The first-order valence-electron chi connectivity index (χ1n) is 5.58. The van der Waals surface area contributed by atoms with E-state index >= 15 is 0 Å². The molecule has 2 aromatic rings. The van der Waals surface area contributed by atoms with Gasteiger partial charge in [0.15, 0.2) is 12.3 Å². The van der Waals surface area contributed by atoms with E-state index in [9.17, 15) is 5.21 Å². The number of nitrogens with zero attached hydrogens (tertiary/aromatic N) is 1. The lowest BCUT2D eigenvalue weighted by Gasteiger charge is -2.12. The molecule has 0 N–H and O–H groups in total. The van der Waals surface area contributed by atoms with Crippen molar-refractivity contribution in [3.63, 3.8) is 0 Å². The number of aryl methyl sites for hydroxylation is 1. The number of benzene rings is 1. The molecule has 0 amide bonds. The molecule has 0 spiro atoms. The minimum absolute atomic E-state index is 0.155. The van der Waals surface area contributed by atoms with Crippen LogP contribution >= 0.6 is 11.3 Å². The zero-order valence-corrected chi connectivity index (χ0v) is 10.8. The van der Waals surface area contributed by atoms with Crippen molar-refractivity contribution < 1.29 is 4.74 Å². The maximum absolute atomic E-state index is 12.0. The summed E-state index contributed by atoms with van der Waals surface area (Å²) in [4.78, 5) is 1.03. The monoisotopic (exact) mass is 245 g/mol. The molecule has 1 aromatic heterocycles. The van der Waals surface area contributed by atoms with Crippen molar-refractivity contribution in [3.8, 4) is 0 Å². The highest BCUT2D eigenvalue weighted by molar-refractivity contribution is 7.11. The topological polar surface area (TPSA) is 26.1 Å². The first kappa shape index (κ1) is 11.9. The van der Waals surface area contributed by atoms with E-state index in [-0.39, 0.29) is 6.04 Å². The molecule has 0 aliphatic rings. The van der Waals surface area contributed by atoms with Gasteiger partial charge in [-0.3, -0.25) is 0 Å². The van der Waals surface area contributed by atoms with Crippen LogP contribution in [0, 0.1) is 12.1 Å². The van der Waals surface area contributed by atoms with Gasteiger partial charge in [0.05, 0.1) is 4.88 Å². The molecular weight excluding hydrogens is 230 g/mol. The molecule has 0 aliphatic carbocycles. The Kier molecular flexibility index (Phi) is 3.59. The summed E-state index contributed by atoms with van der Waals surface area (Å²) in [6.45, 7) is 3.94. The van der Waals surface area contributed by atoms with Crippen LogP contribution in [0.2, 0.25) is 0 Å². The molecule has 1 aromatic carbocycles. The van der Waals surface area contributed by atoms with Crippen LogP contribution < -0.4 is 0 Å². The molecule has 0 fully saturated rings. The van der Waals surface area contributed by atoms with Crippen LogP contribution in [-0.2, 0) is 0 Å². The Morgan fingerprint density at radius 3 is 2.53 bits per heavy atom. The largest absolute Gasteiger partial charge is 0.623 e. The van der Waals surface area contributed by atoms with E-state index in [0.717, 1.165) is 20.7 Å². The Hall–Kier alpha value is -1.61. The summed E-state index contributed by atoms with van der Waals surface area (Å²) >= 11 is 1.59. The van der Waals surface area contributed by atoms with Crippen LogP contribution in [0.1, 0.15) is 29.0 Å². The van der Waals surface area contributed by atoms with Gasteiger partial charge in [0.1, 0.15) is 0 Å². The fraction of sp³-hybridized carbons (Fsp3) is 0.214. The van der Waals surface area contributed by atoms with Gasteiger partial charge in [-0.15, -0.1) is 11.3 Å². The number of hydroxylamine groups is 1. The van der Waals surface area contributed by atoms with Crippen molar-refractivity contribution in [2.75, 3.05) is 0 Å². The smallest absolute Gasteiger partial charge is 0.192 e. The molecule has 0 aliphatic heterocycles.